The zero-order valence-electron chi connectivity index (χ0n) is 16.5. The number of carboxylic acid groups (broad SMARTS) is 1. The van der Waals surface area contributed by atoms with Crippen LogP contribution < -0.4 is 14.2 Å². The Morgan fingerprint density at radius 1 is 0.923 bits per heavy atom. The summed E-state index contributed by atoms with van der Waals surface area (Å²) < 4.78 is 16.4. The van der Waals surface area contributed by atoms with Crippen LogP contribution in [-0.2, 0) is 11.2 Å². The van der Waals surface area contributed by atoms with Gasteiger partial charge in [0.2, 0.25) is 5.75 Å². The number of ether oxygens (including phenoxy) is 3. The van der Waals surface area contributed by atoms with Crippen molar-refractivity contribution in [1.82, 2.24) is 0 Å². The highest BCUT2D eigenvalue weighted by Crippen LogP contribution is 2.45. The molecule has 0 heterocycles. The lowest BCUT2D eigenvalue weighted by molar-refractivity contribution is -0.130. The van der Waals surface area contributed by atoms with Gasteiger partial charge in [-0.2, -0.15) is 0 Å². The lowest BCUT2D eigenvalue weighted by Crippen LogP contribution is -2.06. The summed E-state index contributed by atoms with van der Waals surface area (Å²) in [6, 6.07) is 1.80. The summed E-state index contributed by atoms with van der Waals surface area (Å²) in [7, 11) is 4.58. The first-order valence-corrected chi connectivity index (χ1v) is 9.26. The number of carboxylic acids is 1. The van der Waals surface area contributed by atoms with Crippen LogP contribution in [0, 0.1) is 0 Å². The van der Waals surface area contributed by atoms with Crippen LogP contribution in [0.4, 0.5) is 0 Å². The van der Waals surface area contributed by atoms with E-state index in [9.17, 15) is 9.90 Å². The predicted octanol–water partition coefficient (Wildman–Crippen LogP) is 5.10. The third-order valence-electron chi connectivity index (χ3n) is 4.51. The molecular weight excluding hydrogens is 332 g/mol. The number of methoxy groups -OCH3 is 3. The van der Waals surface area contributed by atoms with E-state index in [1.807, 2.05) is 0 Å². The monoisotopic (exact) mass is 364 g/mol. The van der Waals surface area contributed by atoms with Crippen molar-refractivity contribution in [3.63, 3.8) is 0 Å². The van der Waals surface area contributed by atoms with Gasteiger partial charge in [0, 0.05) is 5.56 Å². The van der Waals surface area contributed by atoms with Crippen molar-refractivity contribution in [2.75, 3.05) is 21.3 Å². The molecule has 0 aliphatic heterocycles. The smallest absolute Gasteiger partial charge is 0.335 e. The summed E-state index contributed by atoms with van der Waals surface area (Å²) in [5, 5.41) is 9.33. The highest BCUT2D eigenvalue weighted by atomic mass is 16.5. The van der Waals surface area contributed by atoms with Crippen LogP contribution in [0.1, 0.15) is 63.0 Å². The lowest BCUT2D eigenvalue weighted by atomic mass is 9.97. The Morgan fingerprint density at radius 2 is 1.46 bits per heavy atom. The molecule has 0 fully saturated rings. The van der Waals surface area contributed by atoms with Crippen molar-refractivity contribution in [3.8, 4) is 17.2 Å². The Labute approximate surface area is 157 Å². The fourth-order valence-electron chi connectivity index (χ4n) is 3.09. The molecule has 26 heavy (non-hydrogen) atoms. The molecule has 1 N–H and O–H groups in total. The Kier molecular flexibility index (Phi) is 9.63. The molecule has 0 amide bonds. The quantitative estimate of drug-likeness (QED) is 0.389. The highest BCUT2D eigenvalue weighted by molar-refractivity contribution is 6.15. The SMILES string of the molecule is C=C(C(=O)O)c1cc(CCCCCCCCC)c(OC)c(OC)c1OC. The molecule has 0 spiro atoms. The van der Waals surface area contributed by atoms with Crippen molar-refractivity contribution >= 4 is 11.5 Å². The third-order valence-corrected chi connectivity index (χ3v) is 4.51. The summed E-state index contributed by atoms with van der Waals surface area (Å²) in [5.74, 6) is 0.252. The molecule has 0 aromatic heterocycles. The molecule has 0 radical (unpaired) electrons. The van der Waals surface area contributed by atoms with E-state index in [2.05, 4.69) is 13.5 Å². The zero-order valence-corrected chi connectivity index (χ0v) is 16.5. The molecule has 0 aliphatic rings. The van der Waals surface area contributed by atoms with E-state index in [4.69, 9.17) is 14.2 Å². The van der Waals surface area contributed by atoms with Crippen molar-refractivity contribution in [2.24, 2.45) is 0 Å². The normalized spacial score (nSPS) is 10.5. The van der Waals surface area contributed by atoms with Gasteiger partial charge < -0.3 is 19.3 Å². The van der Waals surface area contributed by atoms with Gasteiger partial charge in [-0.1, -0.05) is 52.0 Å². The molecule has 5 heteroatoms. The molecule has 1 aromatic carbocycles. The molecule has 1 rings (SSSR count). The number of hydrogen-bond donors (Lipinski definition) is 1. The molecule has 5 nitrogen and oxygen atoms in total. The van der Waals surface area contributed by atoms with Crippen molar-refractivity contribution in [1.29, 1.82) is 0 Å². The molecule has 0 atom stereocenters. The van der Waals surface area contributed by atoms with Gasteiger partial charge in [-0.25, -0.2) is 4.79 Å². The average Bonchev–Trinajstić information content (AvgIpc) is 2.65. The van der Waals surface area contributed by atoms with Gasteiger partial charge in [-0.15, -0.1) is 0 Å². The molecular formula is C21H32O5. The van der Waals surface area contributed by atoms with Gasteiger partial charge >= 0.3 is 5.97 Å². The van der Waals surface area contributed by atoms with Crippen molar-refractivity contribution in [3.05, 3.63) is 23.8 Å². The Bertz CT molecular complexity index is 607. The minimum atomic E-state index is -1.09. The van der Waals surface area contributed by atoms with E-state index in [0.717, 1.165) is 24.8 Å². The topological polar surface area (TPSA) is 65.0 Å². The minimum absolute atomic E-state index is 0.0244. The standard InChI is InChI=1S/C21H32O5/c1-6-7-8-9-10-11-12-13-16-14-17(15(2)21(22)23)19(25-4)20(26-5)18(16)24-3/h14H,2,6-13H2,1,3-5H3,(H,22,23). The van der Waals surface area contributed by atoms with Crippen molar-refractivity contribution in [2.45, 2.75) is 58.3 Å². The van der Waals surface area contributed by atoms with Crippen LogP contribution in [0.25, 0.3) is 5.57 Å². The maximum absolute atomic E-state index is 11.4. The van der Waals surface area contributed by atoms with Gasteiger partial charge in [0.15, 0.2) is 11.5 Å². The molecule has 0 bridgehead atoms. The number of aryl methyl sites for hydroxylation is 1. The number of hydrogen-bond acceptors (Lipinski definition) is 4. The number of rotatable bonds is 13. The van der Waals surface area contributed by atoms with Crippen LogP contribution >= 0.6 is 0 Å². The van der Waals surface area contributed by atoms with E-state index in [0.29, 0.717) is 22.8 Å². The maximum atomic E-state index is 11.4. The van der Waals surface area contributed by atoms with Gasteiger partial charge in [-0.3, -0.25) is 0 Å². The largest absolute Gasteiger partial charge is 0.492 e. The predicted molar refractivity (Wildman–Crippen MR) is 104 cm³/mol. The van der Waals surface area contributed by atoms with E-state index in [-0.39, 0.29) is 5.57 Å². The van der Waals surface area contributed by atoms with E-state index >= 15 is 0 Å². The second-order valence-electron chi connectivity index (χ2n) is 6.34. The first-order chi connectivity index (χ1) is 12.5. The summed E-state index contributed by atoms with van der Waals surface area (Å²) in [4.78, 5) is 11.4. The highest BCUT2D eigenvalue weighted by Gasteiger charge is 2.24. The summed E-state index contributed by atoms with van der Waals surface area (Å²) >= 11 is 0. The molecule has 0 saturated carbocycles. The third kappa shape index (κ3) is 5.68. The average molecular weight is 364 g/mol. The van der Waals surface area contributed by atoms with Gasteiger partial charge in [0.1, 0.15) is 0 Å². The fourth-order valence-corrected chi connectivity index (χ4v) is 3.09. The molecule has 1 aromatic rings. The molecule has 0 aliphatic carbocycles. The summed E-state index contributed by atoms with van der Waals surface area (Å²) in [5.41, 5.74) is 1.32. The van der Waals surface area contributed by atoms with E-state index in [1.165, 1.54) is 46.3 Å². The Hall–Kier alpha value is -2.17. The van der Waals surface area contributed by atoms with E-state index in [1.54, 1.807) is 13.2 Å². The number of unbranched alkanes of at least 4 members (excludes halogenated alkanes) is 6. The Morgan fingerprint density at radius 3 is 1.96 bits per heavy atom. The molecule has 0 saturated heterocycles. The second-order valence-corrected chi connectivity index (χ2v) is 6.34. The lowest BCUT2D eigenvalue weighted by Gasteiger charge is -2.19. The molecule has 146 valence electrons. The zero-order chi connectivity index (χ0) is 19.5. The van der Waals surface area contributed by atoms with Gasteiger partial charge in [0.05, 0.1) is 26.9 Å². The first-order valence-electron chi connectivity index (χ1n) is 9.26. The number of aliphatic carboxylic acids is 1. The fraction of sp³-hybridized carbons (Fsp3) is 0.571. The van der Waals surface area contributed by atoms with Crippen molar-refractivity contribution < 1.29 is 24.1 Å². The maximum Gasteiger partial charge on any atom is 0.335 e. The van der Waals surface area contributed by atoms with Crippen LogP contribution in [0.2, 0.25) is 0 Å². The van der Waals surface area contributed by atoms with Crippen LogP contribution in [0.5, 0.6) is 17.2 Å². The summed E-state index contributed by atoms with van der Waals surface area (Å²) in [6.45, 7) is 5.88. The van der Waals surface area contributed by atoms with Gasteiger partial charge in [-0.05, 0) is 24.5 Å². The summed E-state index contributed by atoms with van der Waals surface area (Å²) in [6.07, 6.45) is 9.24. The first kappa shape index (κ1) is 21.9. The Balaban J connectivity index is 3.00. The number of carbonyl (C=O) groups is 1. The number of benzene rings is 1. The second kappa shape index (κ2) is 11.4. The van der Waals surface area contributed by atoms with Crippen LogP contribution in [0.15, 0.2) is 12.6 Å². The van der Waals surface area contributed by atoms with E-state index < -0.39 is 5.97 Å². The molecule has 0 unspecified atom stereocenters. The minimum Gasteiger partial charge on any atom is -0.492 e. The van der Waals surface area contributed by atoms with Crippen LogP contribution in [0.3, 0.4) is 0 Å². The van der Waals surface area contributed by atoms with Gasteiger partial charge in [0.25, 0.3) is 0 Å². The van der Waals surface area contributed by atoms with Crippen LogP contribution in [-0.4, -0.2) is 32.4 Å².